The van der Waals surface area contributed by atoms with Gasteiger partial charge >= 0.3 is 0 Å². The van der Waals surface area contributed by atoms with Gasteiger partial charge in [-0.25, -0.2) is 9.67 Å². The van der Waals surface area contributed by atoms with Crippen molar-refractivity contribution in [3.05, 3.63) is 17.3 Å². The summed E-state index contributed by atoms with van der Waals surface area (Å²) in [6.07, 6.45) is 1.57. The van der Waals surface area contributed by atoms with E-state index in [4.69, 9.17) is 4.74 Å². The monoisotopic (exact) mass is 372 g/mol. The molecule has 27 heavy (non-hydrogen) atoms. The SMILES string of the molecule is Cc1cc(C)c2c(OCC(=O)N3CCC[C@@H]4[C@H](O)C(C)(C)[C@@H]43)nn(C)c2n1. The first-order valence-corrected chi connectivity index (χ1v) is 9.63. The van der Waals surface area contributed by atoms with Gasteiger partial charge in [0.15, 0.2) is 12.3 Å². The topological polar surface area (TPSA) is 80.5 Å². The summed E-state index contributed by atoms with van der Waals surface area (Å²) in [7, 11) is 1.83. The van der Waals surface area contributed by atoms with Crippen LogP contribution in [0.5, 0.6) is 5.88 Å². The van der Waals surface area contributed by atoms with Gasteiger partial charge in [0.25, 0.3) is 5.91 Å². The Bertz CT molecular complexity index is 904. The van der Waals surface area contributed by atoms with Gasteiger partial charge in [-0.1, -0.05) is 13.8 Å². The van der Waals surface area contributed by atoms with Gasteiger partial charge in [-0.3, -0.25) is 4.79 Å². The molecule has 2 fully saturated rings. The number of rotatable bonds is 3. The maximum atomic E-state index is 12.9. The summed E-state index contributed by atoms with van der Waals surface area (Å²) in [5.41, 5.74) is 2.46. The van der Waals surface area contributed by atoms with E-state index in [-0.39, 0.29) is 36.0 Å². The third kappa shape index (κ3) is 2.71. The van der Waals surface area contributed by atoms with Crippen molar-refractivity contribution in [1.29, 1.82) is 0 Å². The lowest BCUT2D eigenvalue weighted by Crippen LogP contribution is -2.71. The fraction of sp³-hybridized carbons (Fsp3) is 0.650. The van der Waals surface area contributed by atoms with Crippen LogP contribution >= 0.6 is 0 Å². The summed E-state index contributed by atoms with van der Waals surface area (Å²) in [4.78, 5) is 19.3. The highest BCUT2D eigenvalue weighted by Gasteiger charge is 2.59. The molecule has 2 aromatic rings. The van der Waals surface area contributed by atoms with Crippen LogP contribution in [0.15, 0.2) is 6.07 Å². The van der Waals surface area contributed by atoms with Gasteiger partial charge in [0, 0.05) is 36.7 Å². The number of amides is 1. The van der Waals surface area contributed by atoms with Gasteiger partial charge in [-0.15, -0.1) is 5.10 Å². The predicted molar refractivity (Wildman–Crippen MR) is 101 cm³/mol. The highest BCUT2D eigenvalue weighted by Crippen LogP contribution is 2.52. The molecule has 0 radical (unpaired) electrons. The number of aromatic nitrogens is 3. The Hall–Kier alpha value is -2.15. The Morgan fingerprint density at radius 3 is 2.89 bits per heavy atom. The second-order valence-electron chi connectivity index (χ2n) is 8.60. The van der Waals surface area contributed by atoms with E-state index in [2.05, 4.69) is 10.1 Å². The van der Waals surface area contributed by atoms with Crippen LogP contribution in [-0.2, 0) is 11.8 Å². The van der Waals surface area contributed by atoms with Crippen LogP contribution in [0, 0.1) is 25.2 Å². The minimum absolute atomic E-state index is 0.0406. The summed E-state index contributed by atoms with van der Waals surface area (Å²) in [6, 6.07) is 2.08. The van der Waals surface area contributed by atoms with Gasteiger partial charge in [0.1, 0.15) is 0 Å². The fourth-order valence-corrected chi connectivity index (χ4v) is 5.06. The number of aliphatic hydroxyl groups excluding tert-OH is 1. The normalized spacial score (nSPS) is 26.6. The number of nitrogens with zero attached hydrogens (tertiary/aromatic N) is 4. The van der Waals surface area contributed by atoms with Crippen LogP contribution in [0.3, 0.4) is 0 Å². The smallest absolute Gasteiger partial charge is 0.260 e. The first kappa shape index (κ1) is 18.2. The largest absolute Gasteiger partial charge is 0.466 e. The average molecular weight is 372 g/mol. The maximum Gasteiger partial charge on any atom is 0.260 e. The minimum atomic E-state index is -0.337. The molecule has 7 nitrogen and oxygen atoms in total. The Balaban J connectivity index is 1.53. The second kappa shape index (κ2) is 6.19. The average Bonchev–Trinajstić information content (AvgIpc) is 2.94. The van der Waals surface area contributed by atoms with Crippen molar-refractivity contribution < 1.29 is 14.6 Å². The molecule has 7 heteroatoms. The van der Waals surface area contributed by atoms with Crippen molar-refractivity contribution in [3.63, 3.8) is 0 Å². The first-order valence-electron chi connectivity index (χ1n) is 9.63. The number of hydrogen-bond acceptors (Lipinski definition) is 5. The molecule has 0 aromatic carbocycles. The Morgan fingerprint density at radius 2 is 2.15 bits per heavy atom. The highest BCUT2D eigenvalue weighted by atomic mass is 16.5. The number of fused-ring (bicyclic) bond motifs is 2. The lowest BCUT2D eigenvalue weighted by Gasteiger charge is -2.62. The van der Waals surface area contributed by atoms with E-state index < -0.39 is 0 Å². The zero-order valence-corrected chi connectivity index (χ0v) is 16.7. The molecule has 0 unspecified atom stereocenters. The molecule has 146 valence electrons. The zero-order chi connectivity index (χ0) is 19.5. The molecule has 4 rings (SSSR count). The minimum Gasteiger partial charge on any atom is -0.466 e. The summed E-state index contributed by atoms with van der Waals surface area (Å²) in [5.74, 6) is 0.594. The van der Waals surface area contributed by atoms with E-state index in [0.717, 1.165) is 41.7 Å². The number of hydrogen-bond donors (Lipinski definition) is 1. The molecule has 1 saturated heterocycles. The summed E-state index contributed by atoms with van der Waals surface area (Å²) in [6.45, 7) is 8.70. The molecule has 1 aliphatic carbocycles. The highest BCUT2D eigenvalue weighted by molar-refractivity contribution is 5.86. The number of piperidine rings is 1. The number of carbonyl (C=O) groups excluding carboxylic acids is 1. The number of likely N-dealkylation sites (tertiary alicyclic amines) is 1. The summed E-state index contributed by atoms with van der Waals surface area (Å²) < 4.78 is 7.54. The lowest BCUT2D eigenvalue weighted by molar-refractivity contribution is -0.198. The van der Waals surface area contributed by atoms with Gasteiger partial charge in [0.05, 0.1) is 11.5 Å². The number of aliphatic hydroxyl groups is 1. The van der Waals surface area contributed by atoms with Gasteiger partial charge in [-0.05, 0) is 38.3 Å². The Labute approximate surface area is 159 Å². The standard InChI is InChI=1S/C20H28N4O3/c1-11-9-12(2)21-18-15(11)19(22-23(18)5)27-10-14(25)24-8-6-7-13-16(24)20(3,4)17(13)26/h9,13,16-17,26H,6-8,10H2,1-5H3/t13-,16+,17-/m0/s1. The fourth-order valence-electron chi connectivity index (χ4n) is 5.06. The number of ether oxygens (including phenoxy) is 1. The molecular weight excluding hydrogens is 344 g/mol. The lowest BCUT2D eigenvalue weighted by atomic mass is 9.54. The van der Waals surface area contributed by atoms with Crippen molar-refractivity contribution in [2.24, 2.45) is 18.4 Å². The summed E-state index contributed by atoms with van der Waals surface area (Å²) >= 11 is 0. The molecule has 1 saturated carbocycles. The summed E-state index contributed by atoms with van der Waals surface area (Å²) in [5, 5.41) is 15.6. The molecule has 0 spiro atoms. The van der Waals surface area contributed by atoms with Crippen molar-refractivity contribution >= 4 is 16.9 Å². The van der Waals surface area contributed by atoms with Crippen LogP contribution in [0.25, 0.3) is 11.0 Å². The zero-order valence-electron chi connectivity index (χ0n) is 16.7. The van der Waals surface area contributed by atoms with Gasteiger partial charge in [-0.2, -0.15) is 0 Å². The quantitative estimate of drug-likeness (QED) is 0.891. The molecular formula is C20H28N4O3. The molecule has 1 N–H and O–H groups in total. The molecule has 0 bridgehead atoms. The van der Waals surface area contributed by atoms with Crippen LogP contribution in [0.2, 0.25) is 0 Å². The van der Waals surface area contributed by atoms with Crippen LogP contribution in [0.4, 0.5) is 0 Å². The van der Waals surface area contributed by atoms with Crippen LogP contribution < -0.4 is 4.74 Å². The molecule has 2 aromatic heterocycles. The van der Waals surface area contributed by atoms with E-state index in [1.54, 1.807) is 4.68 Å². The molecule has 2 aliphatic rings. The van der Waals surface area contributed by atoms with E-state index in [9.17, 15) is 9.90 Å². The van der Waals surface area contributed by atoms with Gasteiger partial charge < -0.3 is 14.7 Å². The van der Waals surface area contributed by atoms with Crippen molar-refractivity contribution in [3.8, 4) is 5.88 Å². The van der Waals surface area contributed by atoms with E-state index in [0.29, 0.717) is 5.88 Å². The molecule has 1 amide bonds. The number of aryl methyl sites for hydroxylation is 3. The third-order valence-corrected chi connectivity index (χ3v) is 6.35. The Kier molecular flexibility index (Phi) is 4.18. The maximum absolute atomic E-state index is 12.9. The third-order valence-electron chi connectivity index (χ3n) is 6.35. The van der Waals surface area contributed by atoms with Crippen molar-refractivity contribution in [2.75, 3.05) is 13.2 Å². The van der Waals surface area contributed by atoms with Crippen molar-refractivity contribution in [2.45, 2.75) is 52.7 Å². The van der Waals surface area contributed by atoms with E-state index >= 15 is 0 Å². The Morgan fingerprint density at radius 1 is 1.41 bits per heavy atom. The first-order chi connectivity index (χ1) is 12.7. The van der Waals surface area contributed by atoms with E-state index in [1.165, 1.54) is 0 Å². The van der Waals surface area contributed by atoms with Crippen molar-refractivity contribution in [1.82, 2.24) is 19.7 Å². The van der Waals surface area contributed by atoms with Crippen LogP contribution in [-0.4, -0.2) is 56.0 Å². The number of pyridine rings is 1. The van der Waals surface area contributed by atoms with E-state index in [1.807, 2.05) is 45.7 Å². The predicted octanol–water partition coefficient (Wildman–Crippen LogP) is 1.97. The molecule has 3 atom stereocenters. The second-order valence-corrected chi connectivity index (χ2v) is 8.60. The molecule has 3 heterocycles. The van der Waals surface area contributed by atoms with Gasteiger partial charge in [0.2, 0.25) is 5.88 Å². The number of carbonyl (C=O) groups is 1. The molecule has 1 aliphatic heterocycles. The van der Waals surface area contributed by atoms with Crippen LogP contribution in [0.1, 0.15) is 37.9 Å².